The molecule has 1 amide bonds. The van der Waals surface area contributed by atoms with E-state index in [2.05, 4.69) is 29.2 Å². The number of morpholine rings is 1. The van der Waals surface area contributed by atoms with Crippen LogP contribution in [0.5, 0.6) is 11.5 Å². The number of benzene rings is 2. The number of hydrogen-bond acceptors (Lipinski definition) is 5. The first kappa shape index (κ1) is 20.0. The Balaban J connectivity index is 1.65. The SMILES string of the molecule is CCOc1ccc(C(=O)N(C)Cc2ccc(N3CCOCC3)cc2)cc1OC. The van der Waals surface area contributed by atoms with E-state index in [9.17, 15) is 4.79 Å². The van der Waals surface area contributed by atoms with Crippen LogP contribution in [-0.4, -0.2) is 57.9 Å². The number of amides is 1. The summed E-state index contributed by atoms with van der Waals surface area (Å²) in [4.78, 5) is 16.8. The van der Waals surface area contributed by atoms with E-state index in [1.165, 1.54) is 5.69 Å². The predicted octanol–water partition coefficient (Wildman–Crippen LogP) is 3.20. The quantitative estimate of drug-likeness (QED) is 0.734. The second-order valence-electron chi connectivity index (χ2n) is 6.73. The minimum absolute atomic E-state index is 0.0568. The van der Waals surface area contributed by atoms with Crippen LogP contribution in [0.2, 0.25) is 0 Å². The summed E-state index contributed by atoms with van der Waals surface area (Å²) in [6.45, 7) is 6.36. The fourth-order valence-corrected chi connectivity index (χ4v) is 3.28. The van der Waals surface area contributed by atoms with Crippen LogP contribution in [0.4, 0.5) is 5.69 Å². The van der Waals surface area contributed by atoms with Crippen LogP contribution < -0.4 is 14.4 Å². The monoisotopic (exact) mass is 384 g/mol. The summed E-state index contributed by atoms with van der Waals surface area (Å²) in [5, 5.41) is 0. The molecule has 0 saturated carbocycles. The molecule has 3 rings (SSSR count). The van der Waals surface area contributed by atoms with Gasteiger partial charge in [0.15, 0.2) is 11.5 Å². The summed E-state index contributed by atoms with van der Waals surface area (Å²) < 4.78 is 16.3. The Morgan fingerprint density at radius 2 is 1.82 bits per heavy atom. The molecule has 6 heteroatoms. The van der Waals surface area contributed by atoms with Gasteiger partial charge < -0.3 is 24.0 Å². The van der Waals surface area contributed by atoms with Crippen LogP contribution in [0.25, 0.3) is 0 Å². The number of hydrogen-bond donors (Lipinski definition) is 0. The lowest BCUT2D eigenvalue weighted by atomic mass is 10.1. The molecule has 0 bridgehead atoms. The maximum atomic E-state index is 12.8. The first-order chi connectivity index (χ1) is 13.6. The lowest BCUT2D eigenvalue weighted by Gasteiger charge is -2.29. The molecule has 0 spiro atoms. The van der Waals surface area contributed by atoms with E-state index in [0.29, 0.717) is 30.2 Å². The molecule has 0 aliphatic carbocycles. The number of rotatable bonds is 7. The third-order valence-corrected chi connectivity index (χ3v) is 4.79. The molecule has 0 unspecified atom stereocenters. The first-order valence-corrected chi connectivity index (χ1v) is 9.60. The normalized spacial score (nSPS) is 13.9. The Bertz CT molecular complexity index is 786. The van der Waals surface area contributed by atoms with E-state index in [-0.39, 0.29) is 5.91 Å². The second kappa shape index (κ2) is 9.46. The number of carbonyl (C=O) groups excluding carboxylic acids is 1. The van der Waals surface area contributed by atoms with Gasteiger partial charge in [-0.3, -0.25) is 4.79 Å². The average molecular weight is 384 g/mol. The largest absolute Gasteiger partial charge is 0.493 e. The van der Waals surface area contributed by atoms with Crippen molar-refractivity contribution >= 4 is 11.6 Å². The maximum Gasteiger partial charge on any atom is 0.254 e. The van der Waals surface area contributed by atoms with Gasteiger partial charge >= 0.3 is 0 Å². The number of ether oxygens (including phenoxy) is 3. The summed E-state index contributed by atoms with van der Waals surface area (Å²) in [6.07, 6.45) is 0. The molecule has 2 aromatic rings. The van der Waals surface area contributed by atoms with Crippen LogP contribution in [0.3, 0.4) is 0 Å². The Morgan fingerprint density at radius 3 is 2.46 bits per heavy atom. The van der Waals surface area contributed by atoms with Crippen molar-refractivity contribution in [1.29, 1.82) is 0 Å². The Labute approximate surface area is 166 Å². The molecule has 150 valence electrons. The van der Waals surface area contributed by atoms with E-state index in [1.54, 1.807) is 37.3 Å². The van der Waals surface area contributed by atoms with Crippen molar-refractivity contribution in [2.24, 2.45) is 0 Å². The van der Waals surface area contributed by atoms with Gasteiger partial charge in [-0.1, -0.05) is 12.1 Å². The average Bonchev–Trinajstić information content (AvgIpc) is 2.75. The van der Waals surface area contributed by atoms with E-state index < -0.39 is 0 Å². The van der Waals surface area contributed by atoms with E-state index in [4.69, 9.17) is 14.2 Å². The highest BCUT2D eigenvalue weighted by atomic mass is 16.5. The molecule has 1 saturated heterocycles. The minimum atomic E-state index is -0.0568. The number of nitrogens with zero attached hydrogens (tertiary/aromatic N) is 2. The number of anilines is 1. The topological polar surface area (TPSA) is 51.2 Å². The van der Waals surface area contributed by atoms with Gasteiger partial charge in [0.05, 0.1) is 26.9 Å². The van der Waals surface area contributed by atoms with Crippen molar-refractivity contribution < 1.29 is 19.0 Å². The van der Waals surface area contributed by atoms with Gasteiger partial charge in [0.25, 0.3) is 5.91 Å². The molecular weight excluding hydrogens is 356 g/mol. The molecule has 0 N–H and O–H groups in total. The molecule has 1 aliphatic rings. The van der Waals surface area contributed by atoms with Gasteiger partial charge in [0, 0.05) is 37.9 Å². The van der Waals surface area contributed by atoms with Crippen LogP contribution in [0.15, 0.2) is 42.5 Å². The summed E-state index contributed by atoms with van der Waals surface area (Å²) >= 11 is 0. The fraction of sp³-hybridized carbons (Fsp3) is 0.409. The second-order valence-corrected chi connectivity index (χ2v) is 6.73. The molecule has 2 aromatic carbocycles. The molecule has 6 nitrogen and oxygen atoms in total. The van der Waals surface area contributed by atoms with Crippen LogP contribution in [0, 0.1) is 0 Å². The standard InChI is InChI=1S/C22H28N2O4/c1-4-28-20-10-7-18(15-21(20)26-3)22(25)23(2)16-17-5-8-19(9-6-17)24-11-13-27-14-12-24/h5-10,15H,4,11-14,16H2,1-3H3. The van der Waals surface area contributed by atoms with Gasteiger partial charge in [0.2, 0.25) is 0 Å². The van der Waals surface area contributed by atoms with E-state index in [0.717, 1.165) is 31.9 Å². The zero-order valence-corrected chi connectivity index (χ0v) is 16.8. The summed E-state index contributed by atoms with van der Waals surface area (Å²) in [5.41, 5.74) is 2.86. The zero-order valence-electron chi connectivity index (χ0n) is 16.8. The molecule has 1 fully saturated rings. The molecular formula is C22H28N2O4. The number of methoxy groups -OCH3 is 1. The summed E-state index contributed by atoms with van der Waals surface area (Å²) in [5.74, 6) is 1.15. The zero-order chi connectivity index (χ0) is 19.9. The lowest BCUT2D eigenvalue weighted by Crippen LogP contribution is -2.36. The van der Waals surface area contributed by atoms with Crippen molar-refractivity contribution in [2.75, 3.05) is 52.0 Å². The fourth-order valence-electron chi connectivity index (χ4n) is 3.28. The maximum absolute atomic E-state index is 12.8. The van der Waals surface area contributed by atoms with Gasteiger partial charge in [-0.05, 0) is 42.8 Å². The van der Waals surface area contributed by atoms with Crippen molar-refractivity contribution in [3.63, 3.8) is 0 Å². The number of carbonyl (C=O) groups is 1. The van der Waals surface area contributed by atoms with Crippen LogP contribution in [0.1, 0.15) is 22.8 Å². The van der Waals surface area contributed by atoms with Crippen molar-refractivity contribution in [3.05, 3.63) is 53.6 Å². The third-order valence-electron chi connectivity index (χ3n) is 4.79. The van der Waals surface area contributed by atoms with Gasteiger partial charge in [-0.25, -0.2) is 0 Å². The Morgan fingerprint density at radius 1 is 1.11 bits per heavy atom. The van der Waals surface area contributed by atoms with Gasteiger partial charge in [0.1, 0.15) is 0 Å². The van der Waals surface area contributed by atoms with Gasteiger partial charge in [-0.2, -0.15) is 0 Å². The first-order valence-electron chi connectivity index (χ1n) is 9.60. The highest BCUT2D eigenvalue weighted by molar-refractivity contribution is 5.94. The van der Waals surface area contributed by atoms with Crippen LogP contribution in [-0.2, 0) is 11.3 Å². The molecule has 0 aromatic heterocycles. The molecule has 0 radical (unpaired) electrons. The van der Waals surface area contributed by atoms with Crippen molar-refractivity contribution in [1.82, 2.24) is 4.90 Å². The van der Waals surface area contributed by atoms with Crippen molar-refractivity contribution in [3.8, 4) is 11.5 Å². The van der Waals surface area contributed by atoms with Crippen molar-refractivity contribution in [2.45, 2.75) is 13.5 Å². The smallest absolute Gasteiger partial charge is 0.254 e. The molecule has 1 heterocycles. The Hall–Kier alpha value is -2.73. The molecule has 28 heavy (non-hydrogen) atoms. The van der Waals surface area contributed by atoms with Crippen LogP contribution >= 0.6 is 0 Å². The highest BCUT2D eigenvalue weighted by Crippen LogP contribution is 2.28. The summed E-state index contributed by atoms with van der Waals surface area (Å²) in [7, 11) is 3.38. The lowest BCUT2D eigenvalue weighted by molar-refractivity contribution is 0.0784. The summed E-state index contributed by atoms with van der Waals surface area (Å²) in [6, 6.07) is 13.7. The van der Waals surface area contributed by atoms with E-state index in [1.807, 2.05) is 6.92 Å². The minimum Gasteiger partial charge on any atom is -0.493 e. The Kier molecular flexibility index (Phi) is 6.76. The van der Waals surface area contributed by atoms with E-state index >= 15 is 0 Å². The predicted molar refractivity (Wildman–Crippen MR) is 109 cm³/mol. The molecule has 1 aliphatic heterocycles. The highest BCUT2D eigenvalue weighted by Gasteiger charge is 2.16. The third kappa shape index (κ3) is 4.75. The molecule has 0 atom stereocenters. The van der Waals surface area contributed by atoms with Gasteiger partial charge in [-0.15, -0.1) is 0 Å².